The molecular weight excluding hydrogens is 135 g/mol. The Bertz CT molecular complexity index is 144. The molecule has 2 nitrogen and oxygen atoms in total. The van der Waals surface area contributed by atoms with Crippen LogP contribution in [0.25, 0.3) is 0 Å². The molecule has 0 amide bonds. The normalized spacial score (nSPS) is 6.64. The van der Waals surface area contributed by atoms with E-state index >= 15 is 0 Å². The van der Waals surface area contributed by atoms with Crippen molar-refractivity contribution in [3.05, 3.63) is 36.4 Å². The van der Waals surface area contributed by atoms with Gasteiger partial charge in [-0.15, -0.1) is 0 Å². The van der Waals surface area contributed by atoms with E-state index in [4.69, 9.17) is 9.90 Å². The number of carboxylic acid groups (broad SMARTS) is 1. The third-order valence-electron chi connectivity index (χ3n) is 0.607. The molecule has 0 saturated carbocycles. The number of carboxylic acids is 1. The maximum atomic E-state index is 9.00. The standard InChI is InChI=1S/C6H5.C2H4O2.Li/c1-2-4-6-5-3-1;1-2(3)4;/h1-5H;1H3,(H,3,4);/q-1;;+1. The molecular formula is C8H9LiO2. The number of hydrogen-bond acceptors (Lipinski definition) is 1. The van der Waals surface area contributed by atoms with Crippen LogP contribution in [-0.2, 0) is 4.79 Å². The number of aliphatic carboxylic acids is 1. The molecule has 0 fully saturated rings. The Kier molecular flexibility index (Phi) is 10.9. The van der Waals surface area contributed by atoms with Crippen LogP contribution >= 0.6 is 0 Å². The number of hydrogen-bond donors (Lipinski definition) is 1. The Labute approximate surface area is 78.4 Å². The molecule has 0 atom stereocenters. The van der Waals surface area contributed by atoms with Crippen molar-refractivity contribution in [2.75, 3.05) is 0 Å². The van der Waals surface area contributed by atoms with Crippen molar-refractivity contribution in [3.63, 3.8) is 0 Å². The summed E-state index contributed by atoms with van der Waals surface area (Å²) in [5.74, 6) is -0.833. The summed E-state index contributed by atoms with van der Waals surface area (Å²) < 4.78 is 0. The van der Waals surface area contributed by atoms with Crippen LogP contribution in [-0.4, -0.2) is 11.1 Å². The van der Waals surface area contributed by atoms with E-state index in [-0.39, 0.29) is 18.9 Å². The Balaban J connectivity index is 0. The van der Waals surface area contributed by atoms with E-state index in [9.17, 15) is 0 Å². The molecule has 1 N–H and O–H groups in total. The summed E-state index contributed by atoms with van der Waals surface area (Å²) in [6.07, 6.45) is 0. The first-order valence-electron chi connectivity index (χ1n) is 2.84. The van der Waals surface area contributed by atoms with Gasteiger partial charge in [-0.3, -0.25) is 4.79 Å². The number of benzene rings is 1. The van der Waals surface area contributed by atoms with Crippen LogP contribution < -0.4 is 18.9 Å². The molecule has 0 spiro atoms. The largest absolute Gasteiger partial charge is 1.00 e. The molecule has 1 aromatic carbocycles. The topological polar surface area (TPSA) is 37.3 Å². The molecule has 1 rings (SSSR count). The van der Waals surface area contributed by atoms with Crippen molar-refractivity contribution in [3.8, 4) is 0 Å². The first kappa shape index (κ1) is 12.9. The average Bonchev–Trinajstić information content (AvgIpc) is 1.90. The third kappa shape index (κ3) is 17.6. The second kappa shape index (κ2) is 9.29. The fourth-order valence-corrected chi connectivity index (χ4v) is 0.342. The Hall–Kier alpha value is -0.713. The Morgan fingerprint density at radius 2 is 1.64 bits per heavy atom. The van der Waals surface area contributed by atoms with Crippen molar-refractivity contribution in [2.24, 2.45) is 0 Å². The van der Waals surface area contributed by atoms with Gasteiger partial charge in [0.2, 0.25) is 0 Å². The minimum absolute atomic E-state index is 0. The Morgan fingerprint density at radius 3 is 1.73 bits per heavy atom. The minimum atomic E-state index is -0.833. The van der Waals surface area contributed by atoms with Crippen LogP contribution in [0.5, 0.6) is 0 Å². The van der Waals surface area contributed by atoms with Gasteiger partial charge >= 0.3 is 18.9 Å². The maximum Gasteiger partial charge on any atom is 1.00 e. The first-order chi connectivity index (χ1) is 4.73. The third-order valence-corrected chi connectivity index (χ3v) is 0.607. The van der Waals surface area contributed by atoms with Gasteiger partial charge in [0.25, 0.3) is 5.97 Å². The van der Waals surface area contributed by atoms with E-state index in [1.807, 2.05) is 30.3 Å². The summed E-state index contributed by atoms with van der Waals surface area (Å²) in [7, 11) is 0. The van der Waals surface area contributed by atoms with Crippen molar-refractivity contribution in [1.29, 1.82) is 0 Å². The van der Waals surface area contributed by atoms with Gasteiger partial charge in [0, 0.05) is 6.92 Å². The summed E-state index contributed by atoms with van der Waals surface area (Å²) >= 11 is 0. The van der Waals surface area contributed by atoms with Crippen molar-refractivity contribution in [2.45, 2.75) is 6.92 Å². The molecule has 3 heteroatoms. The van der Waals surface area contributed by atoms with E-state index in [1.54, 1.807) is 0 Å². The molecule has 1 aromatic rings. The summed E-state index contributed by atoms with van der Waals surface area (Å²) in [4.78, 5) is 9.00. The van der Waals surface area contributed by atoms with Gasteiger partial charge in [0.05, 0.1) is 0 Å². The van der Waals surface area contributed by atoms with E-state index in [0.29, 0.717) is 0 Å². The van der Waals surface area contributed by atoms with Gasteiger partial charge in [-0.05, 0) is 0 Å². The maximum absolute atomic E-state index is 9.00. The summed E-state index contributed by atoms with van der Waals surface area (Å²) in [6.45, 7) is 1.08. The van der Waals surface area contributed by atoms with Gasteiger partial charge in [0.15, 0.2) is 0 Å². The molecule has 0 unspecified atom stereocenters. The monoisotopic (exact) mass is 144 g/mol. The van der Waals surface area contributed by atoms with E-state index in [1.165, 1.54) is 0 Å². The second-order valence-corrected chi connectivity index (χ2v) is 1.60. The fraction of sp³-hybridized carbons (Fsp3) is 0.125. The van der Waals surface area contributed by atoms with Crippen LogP contribution in [0.3, 0.4) is 0 Å². The molecule has 0 aliphatic rings. The second-order valence-electron chi connectivity index (χ2n) is 1.60. The van der Waals surface area contributed by atoms with Gasteiger partial charge in [0.1, 0.15) is 0 Å². The summed E-state index contributed by atoms with van der Waals surface area (Å²) in [5, 5.41) is 7.42. The van der Waals surface area contributed by atoms with Gasteiger partial charge in [-0.25, -0.2) is 0 Å². The summed E-state index contributed by atoms with van der Waals surface area (Å²) in [5.41, 5.74) is 0. The molecule has 11 heavy (non-hydrogen) atoms. The van der Waals surface area contributed by atoms with Crippen molar-refractivity contribution in [1.82, 2.24) is 0 Å². The molecule has 0 saturated heterocycles. The quantitative estimate of drug-likeness (QED) is 0.358. The van der Waals surface area contributed by atoms with E-state index in [0.717, 1.165) is 6.92 Å². The van der Waals surface area contributed by atoms with Crippen LogP contribution in [0.4, 0.5) is 0 Å². The molecule has 0 bridgehead atoms. The molecule has 0 heterocycles. The van der Waals surface area contributed by atoms with Gasteiger partial charge in [-0.1, -0.05) is 0 Å². The van der Waals surface area contributed by atoms with Crippen LogP contribution in [0.15, 0.2) is 30.3 Å². The van der Waals surface area contributed by atoms with Crippen LogP contribution in [0, 0.1) is 6.07 Å². The predicted octanol–water partition coefficient (Wildman–Crippen LogP) is -1.42. The van der Waals surface area contributed by atoms with Gasteiger partial charge < -0.3 is 5.11 Å². The van der Waals surface area contributed by atoms with Gasteiger partial charge in [-0.2, -0.15) is 36.4 Å². The van der Waals surface area contributed by atoms with Crippen molar-refractivity contribution < 1.29 is 28.8 Å². The Morgan fingerprint density at radius 1 is 1.27 bits per heavy atom. The average molecular weight is 144 g/mol. The molecule has 54 valence electrons. The zero-order chi connectivity index (χ0) is 7.82. The SMILES string of the molecule is CC(=O)O.[Li+].[c-]1ccccc1. The predicted molar refractivity (Wildman–Crippen MR) is 38.6 cm³/mol. The van der Waals surface area contributed by atoms with Crippen LogP contribution in [0.1, 0.15) is 6.92 Å². The first-order valence-corrected chi connectivity index (χ1v) is 2.84. The minimum Gasteiger partial charge on any atom is -0.481 e. The number of rotatable bonds is 0. The molecule has 0 aliphatic heterocycles. The van der Waals surface area contributed by atoms with Crippen LogP contribution in [0.2, 0.25) is 0 Å². The summed E-state index contributed by atoms with van der Waals surface area (Å²) in [6, 6.07) is 12.5. The molecule has 0 aromatic heterocycles. The zero-order valence-electron chi connectivity index (χ0n) is 6.74. The van der Waals surface area contributed by atoms with E-state index in [2.05, 4.69) is 6.07 Å². The van der Waals surface area contributed by atoms with Crippen molar-refractivity contribution >= 4 is 5.97 Å². The number of carbonyl (C=O) groups is 1. The fourth-order valence-electron chi connectivity index (χ4n) is 0.342. The van der Waals surface area contributed by atoms with E-state index < -0.39 is 5.97 Å². The zero-order valence-corrected chi connectivity index (χ0v) is 6.74. The smallest absolute Gasteiger partial charge is 0.481 e. The molecule has 0 radical (unpaired) electrons. The molecule has 0 aliphatic carbocycles.